The van der Waals surface area contributed by atoms with Gasteiger partial charge in [-0.25, -0.2) is 0 Å². The van der Waals surface area contributed by atoms with Crippen molar-refractivity contribution in [2.24, 2.45) is 5.73 Å². The predicted octanol–water partition coefficient (Wildman–Crippen LogP) is 4.21. The average molecular weight is 306 g/mol. The topological polar surface area (TPSA) is 44.5 Å². The predicted molar refractivity (Wildman–Crippen MR) is 86.1 cm³/mol. The summed E-state index contributed by atoms with van der Waals surface area (Å²) in [7, 11) is 0. The van der Waals surface area contributed by atoms with Crippen molar-refractivity contribution in [2.45, 2.75) is 26.0 Å². The van der Waals surface area contributed by atoms with Crippen LogP contribution in [-0.4, -0.2) is 12.7 Å². The van der Waals surface area contributed by atoms with Crippen molar-refractivity contribution in [1.29, 1.82) is 0 Å². The second-order valence-corrected chi connectivity index (χ2v) is 5.24. The van der Waals surface area contributed by atoms with Crippen LogP contribution >= 0.6 is 11.6 Å². The van der Waals surface area contributed by atoms with Gasteiger partial charge in [0.1, 0.15) is 17.6 Å². The molecule has 0 aromatic heterocycles. The van der Waals surface area contributed by atoms with E-state index in [1.165, 1.54) is 0 Å². The average Bonchev–Trinajstić information content (AvgIpc) is 2.47. The lowest BCUT2D eigenvalue weighted by Gasteiger charge is -2.22. The number of nitrogens with two attached hydrogens (primary N) is 1. The molecule has 0 saturated carbocycles. The molecule has 0 saturated heterocycles. The van der Waals surface area contributed by atoms with E-state index in [1.807, 2.05) is 56.3 Å². The first-order chi connectivity index (χ1) is 10.1. The lowest BCUT2D eigenvalue weighted by molar-refractivity contribution is 0.190. The molecule has 2 atom stereocenters. The van der Waals surface area contributed by atoms with Gasteiger partial charge in [0.05, 0.1) is 12.6 Å². The van der Waals surface area contributed by atoms with Crippen molar-refractivity contribution in [1.82, 2.24) is 0 Å². The summed E-state index contributed by atoms with van der Waals surface area (Å²) in [4.78, 5) is 0. The van der Waals surface area contributed by atoms with Crippen LogP contribution in [0.15, 0.2) is 48.5 Å². The Labute approximate surface area is 130 Å². The molecule has 3 nitrogen and oxygen atoms in total. The van der Waals surface area contributed by atoms with Crippen LogP contribution in [0.3, 0.4) is 0 Å². The fourth-order valence-corrected chi connectivity index (χ4v) is 2.23. The van der Waals surface area contributed by atoms with E-state index in [9.17, 15) is 0 Å². The standard InChI is InChI=1S/C17H20ClNO2/c1-3-20-15-9-7-13(8-10-15)17(19)12(2)21-16-6-4-5-14(18)11-16/h4-12,17H,3,19H2,1-2H3. The van der Waals surface area contributed by atoms with Crippen molar-refractivity contribution in [3.05, 3.63) is 59.1 Å². The van der Waals surface area contributed by atoms with E-state index in [0.29, 0.717) is 11.6 Å². The number of hydrogen-bond acceptors (Lipinski definition) is 3. The number of rotatable bonds is 6. The molecule has 0 aliphatic rings. The Kier molecular flexibility index (Phi) is 5.48. The quantitative estimate of drug-likeness (QED) is 0.869. The normalized spacial score (nSPS) is 13.5. The van der Waals surface area contributed by atoms with Crippen LogP contribution in [0.4, 0.5) is 0 Å². The van der Waals surface area contributed by atoms with Gasteiger partial charge in [-0.15, -0.1) is 0 Å². The molecular weight excluding hydrogens is 286 g/mol. The Morgan fingerprint density at radius 3 is 2.43 bits per heavy atom. The molecule has 0 amide bonds. The highest BCUT2D eigenvalue weighted by Crippen LogP contribution is 2.24. The number of benzene rings is 2. The fraction of sp³-hybridized carbons (Fsp3) is 0.294. The van der Waals surface area contributed by atoms with Gasteiger partial charge >= 0.3 is 0 Å². The molecule has 0 heterocycles. The molecular formula is C17H20ClNO2. The third-order valence-corrected chi connectivity index (χ3v) is 3.43. The summed E-state index contributed by atoms with van der Waals surface area (Å²) in [5.41, 5.74) is 7.26. The molecule has 2 unspecified atom stereocenters. The van der Waals surface area contributed by atoms with E-state index in [1.54, 1.807) is 6.07 Å². The van der Waals surface area contributed by atoms with Crippen LogP contribution in [0, 0.1) is 0 Å². The first-order valence-electron chi connectivity index (χ1n) is 7.00. The second-order valence-electron chi connectivity index (χ2n) is 4.81. The molecule has 0 radical (unpaired) electrons. The summed E-state index contributed by atoms with van der Waals surface area (Å²) in [6.45, 7) is 4.56. The van der Waals surface area contributed by atoms with Crippen LogP contribution in [0.2, 0.25) is 5.02 Å². The number of hydrogen-bond donors (Lipinski definition) is 1. The van der Waals surface area contributed by atoms with Crippen LogP contribution < -0.4 is 15.2 Å². The summed E-state index contributed by atoms with van der Waals surface area (Å²) in [5.74, 6) is 1.56. The van der Waals surface area contributed by atoms with Gasteiger partial charge in [-0.2, -0.15) is 0 Å². The summed E-state index contributed by atoms with van der Waals surface area (Å²) in [5, 5.41) is 0.648. The van der Waals surface area contributed by atoms with E-state index in [0.717, 1.165) is 17.1 Å². The van der Waals surface area contributed by atoms with Crippen molar-refractivity contribution in [3.63, 3.8) is 0 Å². The summed E-state index contributed by atoms with van der Waals surface area (Å²) >= 11 is 5.95. The Morgan fingerprint density at radius 2 is 1.81 bits per heavy atom. The van der Waals surface area contributed by atoms with E-state index < -0.39 is 0 Å². The van der Waals surface area contributed by atoms with Crippen LogP contribution in [0.5, 0.6) is 11.5 Å². The molecule has 0 aliphatic heterocycles. The van der Waals surface area contributed by atoms with E-state index in [-0.39, 0.29) is 12.1 Å². The molecule has 0 fully saturated rings. The lowest BCUT2D eigenvalue weighted by Crippen LogP contribution is -2.28. The Hall–Kier alpha value is -1.71. The third kappa shape index (κ3) is 4.38. The zero-order valence-electron chi connectivity index (χ0n) is 12.3. The molecule has 2 aromatic rings. The van der Waals surface area contributed by atoms with E-state index >= 15 is 0 Å². The zero-order valence-corrected chi connectivity index (χ0v) is 13.0. The molecule has 2 aromatic carbocycles. The molecule has 4 heteroatoms. The van der Waals surface area contributed by atoms with Crippen molar-refractivity contribution in [2.75, 3.05) is 6.61 Å². The minimum absolute atomic E-state index is 0.165. The summed E-state index contributed by atoms with van der Waals surface area (Å²) in [6, 6.07) is 14.9. The molecule has 2 N–H and O–H groups in total. The molecule has 0 bridgehead atoms. The number of ether oxygens (including phenoxy) is 2. The number of halogens is 1. The first-order valence-corrected chi connectivity index (χ1v) is 7.38. The maximum absolute atomic E-state index is 6.25. The van der Waals surface area contributed by atoms with Gasteiger partial charge in [0.2, 0.25) is 0 Å². The largest absolute Gasteiger partial charge is 0.494 e. The summed E-state index contributed by atoms with van der Waals surface area (Å²) in [6.07, 6.45) is -0.165. The Morgan fingerprint density at radius 1 is 1.10 bits per heavy atom. The summed E-state index contributed by atoms with van der Waals surface area (Å²) < 4.78 is 11.3. The Balaban J connectivity index is 2.02. The van der Waals surface area contributed by atoms with Gasteiger partial charge < -0.3 is 15.2 Å². The van der Waals surface area contributed by atoms with Crippen LogP contribution in [0.1, 0.15) is 25.5 Å². The highest BCUT2D eigenvalue weighted by Gasteiger charge is 2.16. The Bertz CT molecular complexity index is 571. The van der Waals surface area contributed by atoms with E-state index in [4.69, 9.17) is 26.8 Å². The zero-order chi connectivity index (χ0) is 15.2. The minimum Gasteiger partial charge on any atom is -0.494 e. The van der Waals surface area contributed by atoms with Crippen molar-refractivity contribution < 1.29 is 9.47 Å². The second kappa shape index (κ2) is 7.34. The fourth-order valence-electron chi connectivity index (χ4n) is 2.05. The lowest BCUT2D eigenvalue weighted by atomic mass is 10.0. The van der Waals surface area contributed by atoms with E-state index in [2.05, 4.69) is 0 Å². The van der Waals surface area contributed by atoms with Crippen molar-refractivity contribution in [3.8, 4) is 11.5 Å². The van der Waals surface area contributed by atoms with Gasteiger partial charge in [-0.3, -0.25) is 0 Å². The maximum Gasteiger partial charge on any atom is 0.121 e. The molecule has 0 aliphatic carbocycles. The maximum atomic E-state index is 6.25. The van der Waals surface area contributed by atoms with Gasteiger partial charge in [-0.05, 0) is 49.7 Å². The molecule has 0 spiro atoms. The highest BCUT2D eigenvalue weighted by molar-refractivity contribution is 6.30. The molecule has 21 heavy (non-hydrogen) atoms. The van der Waals surface area contributed by atoms with Gasteiger partial charge in [-0.1, -0.05) is 29.8 Å². The van der Waals surface area contributed by atoms with Crippen molar-refractivity contribution >= 4 is 11.6 Å². The monoisotopic (exact) mass is 305 g/mol. The molecule has 112 valence electrons. The minimum atomic E-state index is -0.223. The van der Waals surface area contributed by atoms with Crippen LogP contribution in [-0.2, 0) is 0 Å². The SMILES string of the molecule is CCOc1ccc(C(N)C(C)Oc2cccc(Cl)c2)cc1. The first kappa shape index (κ1) is 15.7. The smallest absolute Gasteiger partial charge is 0.121 e. The van der Waals surface area contributed by atoms with Gasteiger partial charge in [0.15, 0.2) is 0 Å². The van der Waals surface area contributed by atoms with Gasteiger partial charge in [0, 0.05) is 5.02 Å². The van der Waals surface area contributed by atoms with Gasteiger partial charge in [0.25, 0.3) is 0 Å². The van der Waals surface area contributed by atoms with Crippen LogP contribution in [0.25, 0.3) is 0 Å². The highest BCUT2D eigenvalue weighted by atomic mass is 35.5. The molecule has 2 rings (SSSR count). The third-order valence-electron chi connectivity index (χ3n) is 3.20.